The molecule has 2 unspecified atom stereocenters. The predicted octanol–water partition coefficient (Wildman–Crippen LogP) is -0.0315. The number of rotatable bonds is 3. The summed E-state index contributed by atoms with van der Waals surface area (Å²) in [6.07, 6.45) is 1.13. The zero-order chi connectivity index (χ0) is 15.8. The van der Waals surface area contributed by atoms with E-state index in [0.717, 1.165) is 0 Å². The molecule has 9 nitrogen and oxygen atoms in total. The molecule has 0 spiro atoms. The van der Waals surface area contributed by atoms with Crippen molar-refractivity contribution in [1.82, 2.24) is 9.97 Å². The molecule has 0 N–H and O–H groups in total. The Morgan fingerprint density at radius 1 is 1.43 bits per heavy atom. The van der Waals surface area contributed by atoms with E-state index in [1.54, 1.807) is 6.92 Å². The third-order valence-electron chi connectivity index (χ3n) is 3.31. The fourth-order valence-electron chi connectivity index (χ4n) is 2.09. The van der Waals surface area contributed by atoms with Crippen LogP contribution in [0.15, 0.2) is 17.4 Å². The average Bonchev–Trinajstić information content (AvgIpc) is 2.74. The van der Waals surface area contributed by atoms with Crippen LogP contribution in [-0.2, 0) is 10.3 Å². The first kappa shape index (κ1) is 15.5. The highest BCUT2D eigenvalue weighted by atomic mass is 35.5. The molecule has 0 amide bonds. The number of nitrogens with zero attached hydrogens (tertiary/aromatic N) is 5. The number of aromatic nitrogens is 2. The predicted molar refractivity (Wildman–Crippen MR) is 75.0 cm³/mol. The van der Waals surface area contributed by atoms with E-state index in [1.807, 2.05) is 0 Å². The number of likely N-dealkylation sites (N-methyl/N-ethyl adjacent to an activating group) is 1. The lowest BCUT2D eigenvalue weighted by Crippen LogP contribution is -2.58. The highest BCUT2D eigenvalue weighted by Crippen LogP contribution is 2.24. The largest absolute Gasteiger partial charge is 0.400 e. The molecule has 0 radical (unpaired) electrons. The van der Waals surface area contributed by atoms with Crippen LogP contribution in [0.25, 0.3) is 0 Å². The molecule has 1 aromatic heterocycles. The van der Waals surface area contributed by atoms with Gasteiger partial charge in [-0.15, -0.1) is 0 Å². The Balaban J connectivity index is 2.69. The van der Waals surface area contributed by atoms with Gasteiger partial charge in [0.25, 0.3) is 16.1 Å². The molecule has 112 valence electrons. The highest BCUT2D eigenvalue weighted by Gasteiger charge is 2.57. The number of quaternary nitrogens is 1. The number of hydrogen-bond acceptors (Lipinski definition) is 6. The molecule has 21 heavy (non-hydrogen) atoms. The van der Waals surface area contributed by atoms with Gasteiger partial charge in [0, 0.05) is 12.4 Å². The normalized spacial score (nSPS) is 24.8. The first-order chi connectivity index (χ1) is 9.81. The van der Waals surface area contributed by atoms with Crippen molar-refractivity contribution in [2.45, 2.75) is 13.1 Å². The van der Waals surface area contributed by atoms with Crippen molar-refractivity contribution >= 4 is 32.7 Å². The van der Waals surface area contributed by atoms with Gasteiger partial charge >= 0.3 is 11.2 Å². The summed E-state index contributed by atoms with van der Waals surface area (Å²) in [4.78, 5) is 21.9. The third kappa shape index (κ3) is 2.52. The maximum absolute atomic E-state index is 11.3. The molecule has 2 heterocycles. The van der Waals surface area contributed by atoms with E-state index in [9.17, 15) is 18.5 Å². The van der Waals surface area contributed by atoms with Gasteiger partial charge in [-0.3, -0.25) is 10.1 Å². The Hall–Kier alpha value is -1.91. The van der Waals surface area contributed by atoms with Gasteiger partial charge in [0.2, 0.25) is 5.82 Å². The van der Waals surface area contributed by atoms with Crippen LogP contribution in [0.1, 0.15) is 12.7 Å². The lowest BCUT2D eigenvalue weighted by atomic mass is 10.3. The topological polar surface area (TPSA) is 115 Å². The number of amidine groups is 1. The lowest BCUT2D eigenvalue weighted by molar-refractivity contribution is -0.921. The SMILES string of the molecule is CC[N+]1(C)C(c2ncc(Cl)cn2)=NC(=S(=O)=O)C1[N+](=O)[O-]. The molecule has 11 heteroatoms. The van der Waals surface area contributed by atoms with Crippen molar-refractivity contribution in [3.8, 4) is 0 Å². The Bertz CT molecular complexity index is 752. The van der Waals surface area contributed by atoms with Gasteiger partial charge in [-0.2, -0.15) is 13.4 Å². The van der Waals surface area contributed by atoms with E-state index in [4.69, 9.17) is 11.6 Å². The summed E-state index contributed by atoms with van der Waals surface area (Å²) in [6.45, 7) is 1.94. The maximum atomic E-state index is 11.3. The van der Waals surface area contributed by atoms with Gasteiger partial charge in [-0.05, 0) is 6.92 Å². The van der Waals surface area contributed by atoms with Gasteiger partial charge in [0.15, 0.2) is 0 Å². The van der Waals surface area contributed by atoms with E-state index in [-0.39, 0.29) is 22.7 Å². The average molecular weight is 333 g/mol. The van der Waals surface area contributed by atoms with Crippen LogP contribution >= 0.6 is 11.6 Å². The second-order valence-electron chi connectivity index (χ2n) is 4.48. The summed E-state index contributed by atoms with van der Waals surface area (Å²) in [5.74, 6) is 0.228. The van der Waals surface area contributed by atoms with E-state index < -0.39 is 26.4 Å². The molecule has 2 atom stereocenters. The number of hydrogen-bond donors (Lipinski definition) is 0. The molecule has 1 aliphatic heterocycles. The first-order valence-electron chi connectivity index (χ1n) is 5.83. The van der Waals surface area contributed by atoms with E-state index in [1.165, 1.54) is 19.4 Å². The fourth-order valence-corrected chi connectivity index (χ4v) is 2.84. The minimum absolute atomic E-state index is 0.107. The van der Waals surface area contributed by atoms with Crippen LogP contribution in [0.5, 0.6) is 0 Å². The van der Waals surface area contributed by atoms with Crippen LogP contribution in [-0.4, -0.2) is 58.4 Å². The molecular weight excluding hydrogens is 322 g/mol. The van der Waals surface area contributed by atoms with E-state index >= 15 is 0 Å². The molecule has 0 aliphatic carbocycles. The van der Waals surface area contributed by atoms with Gasteiger partial charge in [-0.25, -0.2) is 14.5 Å². The lowest BCUT2D eigenvalue weighted by Gasteiger charge is -2.28. The second-order valence-corrected chi connectivity index (χ2v) is 5.80. The molecule has 1 aliphatic rings. The maximum Gasteiger partial charge on any atom is 0.400 e. The van der Waals surface area contributed by atoms with E-state index in [0.29, 0.717) is 5.02 Å². The molecule has 1 aromatic rings. The van der Waals surface area contributed by atoms with Crippen molar-refractivity contribution in [2.75, 3.05) is 13.6 Å². The smallest absolute Gasteiger partial charge is 0.259 e. The minimum Gasteiger partial charge on any atom is -0.259 e. The molecule has 0 saturated carbocycles. The van der Waals surface area contributed by atoms with Crippen LogP contribution < -0.4 is 0 Å². The molecular formula is C10H11ClN5O4S+. The van der Waals surface area contributed by atoms with Crippen molar-refractivity contribution in [2.24, 2.45) is 4.99 Å². The Kier molecular flexibility index (Phi) is 4.03. The summed E-state index contributed by atoms with van der Waals surface area (Å²) in [5, 5.41) is 11.6. The number of halogens is 1. The highest BCUT2D eigenvalue weighted by molar-refractivity contribution is 7.73. The summed E-state index contributed by atoms with van der Waals surface area (Å²) < 4.78 is 22.1. The van der Waals surface area contributed by atoms with Crippen molar-refractivity contribution in [3.05, 3.63) is 33.4 Å². The van der Waals surface area contributed by atoms with Gasteiger partial charge in [0.1, 0.15) is 0 Å². The first-order valence-corrected chi connectivity index (χ1v) is 7.28. The van der Waals surface area contributed by atoms with Crippen molar-refractivity contribution < 1.29 is 17.8 Å². The monoisotopic (exact) mass is 332 g/mol. The zero-order valence-electron chi connectivity index (χ0n) is 11.1. The zero-order valence-corrected chi connectivity index (χ0v) is 12.7. The van der Waals surface area contributed by atoms with E-state index in [2.05, 4.69) is 15.0 Å². The van der Waals surface area contributed by atoms with Crippen LogP contribution in [0.2, 0.25) is 5.02 Å². The molecule has 0 aromatic carbocycles. The molecule has 0 saturated heterocycles. The number of nitro groups is 1. The minimum atomic E-state index is -2.80. The van der Waals surface area contributed by atoms with Gasteiger partial charge in [-0.1, -0.05) is 11.6 Å². The second kappa shape index (κ2) is 5.47. The third-order valence-corrected chi connectivity index (χ3v) is 4.15. The summed E-state index contributed by atoms with van der Waals surface area (Å²) in [5.41, 5.74) is 0. The standard InChI is InChI=1S/C10H11ClN5O4S/c1-3-16(2)8(7-12-4-6(11)5-13-7)14-9(21(19)20)10(16)15(17)18/h4-5,10H,3H2,1-2H3/q+1. The van der Waals surface area contributed by atoms with Crippen molar-refractivity contribution in [3.63, 3.8) is 0 Å². The van der Waals surface area contributed by atoms with Crippen LogP contribution in [0.4, 0.5) is 0 Å². The molecule has 0 bridgehead atoms. The molecule has 2 rings (SSSR count). The van der Waals surface area contributed by atoms with Crippen LogP contribution in [0, 0.1) is 10.1 Å². The number of aliphatic imine (C=N–C) groups is 1. The molecule has 0 fully saturated rings. The summed E-state index contributed by atoms with van der Waals surface area (Å²) >= 11 is 5.70. The van der Waals surface area contributed by atoms with Crippen LogP contribution in [0.3, 0.4) is 0 Å². The fraction of sp³-hybridized carbons (Fsp3) is 0.400. The Labute approximate surface area is 126 Å². The van der Waals surface area contributed by atoms with Gasteiger partial charge < -0.3 is 0 Å². The Morgan fingerprint density at radius 3 is 2.43 bits per heavy atom. The summed E-state index contributed by atoms with van der Waals surface area (Å²) in [7, 11) is -1.28. The quantitative estimate of drug-likeness (QED) is 0.332. The Morgan fingerprint density at radius 2 is 2.00 bits per heavy atom. The summed E-state index contributed by atoms with van der Waals surface area (Å²) in [6, 6.07) is 0. The van der Waals surface area contributed by atoms with Gasteiger partial charge in [0.05, 0.1) is 23.5 Å². The van der Waals surface area contributed by atoms with Crippen molar-refractivity contribution in [1.29, 1.82) is 0 Å².